The Morgan fingerprint density at radius 3 is 2.42 bits per heavy atom. The predicted octanol–water partition coefficient (Wildman–Crippen LogP) is 3.37. The number of benzene rings is 1. The average Bonchev–Trinajstić information content (AvgIpc) is 2.66. The summed E-state index contributed by atoms with van der Waals surface area (Å²) in [7, 11) is 1.22. The summed E-state index contributed by atoms with van der Waals surface area (Å²) in [5.74, 6) is -2.00. The van der Waals surface area contributed by atoms with E-state index in [9.17, 15) is 13.6 Å². The quantitative estimate of drug-likeness (QED) is 0.860. The van der Waals surface area contributed by atoms with E-state index in [1.54, 1.807) is 6.92 Å². The maximum absolute atomic E-state index is 13.7. The van der Waals surface area contributed by atoms with Gasteiger partial charge in [-0.1, -0.05) is 6.07 Å². The van der Waals surface area contributed by atoms with Gasteiger partial charge in [0.05, 0.1) is 18.4 Å². The van der Waals surface area contributed by atoms with Gasteiger partial charge in [0, 0.05) is 4.88 Å². The number of methoxy groups -OCH3 is 1. The van der Waals surface area contributed by atoms with Gasteiger partial charge in [0.25, 0.3) is 0 Å². The molecule has 19 heavy (non-hydrogen) atoms. The van der Waals surface area contributed by atoms with Gasteiger partial charge < -0.3 is 10.5 Å². The predicted molar refractivity (Wildman–Crippen MR) is 70.2 cm³/mol. The molecule has 0 saturated carbocycles. The Kier molecular flexibility index (Phi) is 3.53. The standard InChI is InChI=1S/C13H11F2NO2S/c1-6-10(16)12(13(17)18-2)19-11(6)9-7(14)4-3-5-8(9)15/h3-5H,16H2,1-2H3. The third-order valence-electron chi connectivity index (χ3n) is 2.75. The Balaban J connectivity index is 2.68. The Hall–Kier alpha value is -1.95. The number of carbonyl (C=O) groups is 1. The summed E-state index contributed by atoms with van der Waals surface area (Å²) >= 11 is 0.921. The number of ether oxygens (including phenoxy) is 1. The van der Waals surface area contributed by atoms with Crippen LogP contribution in [-0.4, -0.2) is 13.1 Å². The number of rotatable bonds is 2. The summed E-state index contributed by atoms with van der Waals surface area (Å²) in [6.07, 6.45) is 0. The van der Waals surface area contributed by atoms with Gasteiger partial charge in [-0.2, -0.15) is 0 Å². The summed E-state index contributed by atoms with van der Waals surface area (Å²) in [4.78, 5) is 12.0. The van der Waals surface area contributed by atoms with E-state index in [0.29, 0.717) is 10.4 Å². The smallest absolute Gasteiger partial charge is 0.350 e. The zero-order chi connectivity index (χ0) is 14.2. The Labute approximate surface area is 112 Å². The summed E-state index contributed by atoms with van der Waals surface area (Å²) in [5.41, 5.74) is 6.26. The van der Waals surface area contributed by atoms with Gasteiger partial charge in [-0.3, -0.25) is 0 Å². The highest BCUT2D eigenvalue weighted by atomic mass is 32.1. The van der Waals surface area contributed by atoms with Gasteiger partial charge in [0.15, 0.2) is 0 Å². The molecule has 0 saturated heterocycles. The Morgan fingerprint density at radius 2 is 1.89 bits per heavy atom. The summed E-state index contributed by atoms with van der Waals surface area (Å²) in [6, 6.07) is 3.60. The molecule has 1 heterocycles. The van der Waals surface area contributed by atoms with E-state index in [4.69, 9.17) is 5.73 Å². The molecule has 2 N–H and O–H groups in total. The van der Waals surface area contributed by atoms with Crippen molar-refractivity contribution >= 4 is 23.0 Å². The molecule has 2 rings (SSSR count). The highest BCUT2D eigenvalue weighted by Gasteiger charge is 2.23. The zero-order valence-electron chi connectivity index (χ0n) is 10.3. The van der Waals surface area contributed by atoms with E-state index in [0.717, 1.165) is 23.5 Å². The van der Waals surface area contributed by atoms with Crippen LogP contribution in [0.15, 0.2) is 18.2 Å². The number of esters is 1. The topological polar surface area (TPSA) is 52.3 Å². The summed E-state index contributed by atoms with van der Waals surface area (Å²) in [5, 5.41) is 0. The van der Waals surface area contributed by atoms with Crippen molar-refractivity contribution < 1.29 is 18.3 Å². The van der Waals surface area contributed by atoms with Crippen molar-refractivity contribution in [2.24, 2.45) is 0 Å². The normalized spacial score (nSPS) is 10.5. The van der Waals surface area contributed by atoms with Crippen LogP contribution in [0.5, 0.6) is 0 Å². The number of anilines is 1. The van der Waals surface area contributed by atoms with Gasteiger partial charge in [0.2, 0.25) is 0 Å². The van der Waals surface area contributed by atoms with Crippen LogP contribution in [0.2, 0.25) is 0 Å². The number of nitrogen functional groups attached to an aromatic ring is 1. The molecule has 0 unspecified atom stereocenters. The second-order valence-electron chi connectivity index (χ2n) is 3.89. The van der Waals surface area contributed by atoms with Crippen LogP contribution in [-0.2, 0) is 4.74 Å². The molecule has 6 heteroatoms. The molecule has 1 aromatic carbocycles. The van der Waals surface area contributed by atoms with Crippen molar-refractivity contribution in [2.45, 2.75) is 6.92 Å². The maximum atomic E-state index is 13.7. The van der Waals surface area contributed by atoms with Gasteiger partial charge in [-0.05, 0) is 24.6 Å². The lowest BCUT2D eigenvalue weighted by Crippen LogP contribution is -2.01. The largest absolute Gasteiger partial charge is 0.465 e. The molecule has 0 atom stereocenters. The third kappa shape index (κ3) is 2.19. The number of nitrogens with two attached hydrogens (primary N) is 1. The summed E-state index contributed by atoms with van der Waals surface area (Å²) in [6.45, 7) is 1.61. The first kappa shape index (κ1) is 13.5. The van der Waals surface area contributed by atoms with Crippen LogP contribution in [0, 0.1) is 18.6 Å². The molecular weight excluding hydrogens is 272 g/mol. The minimum atomic E-state index is -0.694. The Bertz CT molecular complexity index is 632. The first-order valence-electron chi connectivity index (χ1n) is 5.39. The molecule has 1 aromatic heterocycles. The molecule has 2 aromatic rings. The summed E-state index contributed by atoms with van der Waals surface area (Å²) < 4.78 is 32.1. The molecule has 3 nitrogen and oxygen atoms in total. The number of halogens is 2. The molecular formula is C13H11F2NO2S. The maximum Gasteiger partial charge on any atom is 0.350 e. The highest BCUT2D eigenvalue weighted by Crippen LogP contribution is 2.40. The van der Waals surface area contributed by atoms with Gasteiger partial charge in [0.1, 0.15) is 16.5 Å². The number of thiophene rings is 1. The lowest BCUT2D eigenvalue weighted by Gasteiger charge is -2.03. The Morgan fingerprint density at radius 1 is 1.32 bits per heavy atom. The number of hydrogen-bond acceptors (Lipinski definition) is 4. The zero-order valence-corrected chi connectivity index (χ0v) is 11.1. The molecule has 0 bridgehead atoms. The van der Waals surface area contributed by atoms with E-state index >= 15 is 0 Å². The van der Waals surface area contributed by atoms with Gasteiger partial charge in [-0.15, -0.1) is 11.3 Å². The first-order valence-corrected chi connectivity index (χ1v) is 6.20. The highest BCUT2D eigenvalue weighted by molar-refractivity contribution is 7.18. The van der Waals surface area contributed by atoms with Crippen LogP contribution in [0.1, 0.15) is 15.2 Å². The van der Waals surface area contributed by atoms with Crippen molar-refractivity contribution in [1.29, 1.82) is 0 Å². The molecule has 0 aliphatic carbocycles. The van der Waals surface area contributed by atoms with E-state index in [2.05, 4.69) is 4.74 Å². The number of hydrogen-bond donors (Lipinski definition) is 1. The lowest BCUT2D eigenvalue weighted by molar-refractivity contribution is 0.0607. The van der Waals surface area contributed by atoms with Crippen LogP contribution >= 0.6 is 11.3 Å². The second-order valence-corrected chi connectivity index (χ2v) is 4.91. The SMILES string of the molecule is COC(=O)c1sc(-c2c(F)cccc2F)c(C)c1N. The fraction of sp³-hybridized carbons (Fsp3) is 0.154. The molecule has 0 spiro atoms. The fourth-order valence-corrected chi connectivity index (χ4v) is 2.92. The monoisotopic (exact) mass is 283 g/mol. The van der Waals surface area contributed by atoms with Crippen LogP contribution in [0.4, 0.5) is 14.5 Å². The van der Waals surface area contributed by atoms with Gasteiger partial charge >= 0.3 is 5.97 Å². The van der Waals surface area contributed by atoms with Crippen molar-refractivity contribution in [3.63, 3.8) is 0 Å². The van der Waals surface area contributed by atoms with Crippen LogP contribution < -0.4 is 5.73 Å². The average molecular weight is 283 g/mol. The molecule has 0 amide bonds. The van der Waals surface area contributed by atoms with Gasteiger partial charge in [-0.25, -0.2) is 13.6 Å². The van der Waals surface area contributed by atoms with Crippen molar-refractivity contribution in [1.82, 2.24) is 0 Å². The van der Waals surface area contributed by atoms with E-state index in [1.165, 1.54) is 13.2 Å². The third-order valence-corrected chi connectivity index (χ3v) is 4.06. The minimum absolute atomic E-state index is 0.151. The lowest BCUT2D eigenvalue weighted by atomic mass is 10.1. The van der Waals surface area contributed by atoms with E-state index in [-0.39, 0.29) is 16.1 Å². The van der Waals surface area contributed by atoms with E-state index < -0.39 is 17.6 Å². The van der Waals surface area contributed by atoms with Crippen LogP contribution in [0.3, 0.4) is 0 Å². The molecule has 0 aliphatic heterocycles. The first-order chi connectivity index (χ1) is 8.97. The molecule has 0 aliphatic rings. The molecule has 0 fully saturated rings. The second kappa shape index (κ2) is 4.97. The van der Waals surface area contributed by atoms with Crippen molar-refractivity contribution in [3.05, 3.63) is 40.3 Å². The van der Waals surface area contributed by atoms with Crippen LogP contribution in [0.25, 0.3) is 10.4 Å². The van der Waals surface area contributed by atoms with Crippen molar-refractivity contribution in [2.75, 3.05) is 12.8 Å². The minimum Gasteiger partial charge on any atom is -0.465 e. The molecule has 100 valence electrons. The number of carbonyl (C=O) groups excluding carboxylic acids is 1. The van der Waals surface area contributed by atoms with E-state index in [1.807, 2.05) is 0 Å². The van der Waals surface area contributed by atoms with Crippen molar-refractivity contribution in [3.8, 4) is 10.4 Å². The fourth-order valence-electron chi connectivity index (χ4n) is 1.72. The molecule has 0 radical (unpaired) electrons.